The molecule has 0 saturated heterocycles. The average Bonchev–Trinajstić information content (AvgIpc) is 2.45. The molecule has 0 heterocycles. The fourth-order valence-corrected chi connectivity index (χ4v) is 1.62. The Morgan fingerprint density at radius 3 is 1.32 bits per heavy atom. The zero-order valence-corrected chi connectivity index (χ0v) is 12.3. The highest BCUT2D eigenvalue weighted by atomic mass is 16.4. The van der Waals surface area contributed by atoms with E-state index in [0.29, 0.717) is 11.4 Å². The van der Waals surface area contributed by atoms with Gasteiger partial charge in [-0.15, -0.1) is 0 Å². The first-order valence-corrected chi connectivity index (χ1v) is 6.41. The normalized spacial score (nSPS) is 9.55. The van der Waals surface area contributed by atoms with Crippen molar-refractivity contribution in [2.45, 2.75) is 13.8 Å². The quantitative estimate of drug-likeness (QED) is 0.631. The highest BCUT2D eigenvalue weighted by Crippen LogP contribution is 2.12. The third kappa shape index (κ3) is 4.52. The van der Waals surface area contributed by atoms with Crippen LogP contribution in [0.1, 0.15) is 31.8 Å². The van der Waals surface area contributed by atoms with Crippen LogP contribution < -0.4 is 11.5 Å². The van der Waals surface area contributed by atoms with Crippen molar-refractivity contribution in [3.63, 3.8) is 0 Å². The second kappa shape index (κ2) is 7.12. The van der Waals surface area contributed by atoms with Gasteiger partial charge in [-0.2, -0.15) is 0 Å². The van der Waals surface area contributed by atoms with Gasteiger partial charge in [0.15, 0.2) is 0 Å². The molecule has 0 aliphatic rings. The van der Waals surface area contributed by atoms with E-state index < -0.39 is 11.9 Å². The fourth-order valence-electron chi connectivity index (χ4n) is 1.62. The summed E-state index contributed by atoms with van der Waals surface area (Å²) in [7, 11) is 0. The highest BCUT2D eigenvalue weighted by molar-refractivity contribution is 5.88. The van der Waals surface area contributed by atoms with Gasteiger partial charge in [-0.25, -0.2) is 9.59 Å². The van der Waals surface area contributed by atoms with Crippen molar-refractivity contribution in [1.29, 1.82) is 0 Å². The molecule has 0 atom stereocenters. The van der Waals surface area contributed by atoms with Crippen molar-refractivity contribution in [2.24, 2.45) is 0 Å². The molecule has 0 radical (unpaired) electrons. The van der Waals surface area contributed by atoms with E-state index in [2.05, 4.69) is 0 Å². The first-order chi connectivity index (χ1) is 10.2. The van der Waals surface area contributed by atoms with Crippen molar-refractivity contribution >= 4 is 23.3 Å². The molecule has 6 N–H and O–H groups in total. The maximum Gasteiger partial charge on any atom is 0.335 e. The molecule has 2 aromatic rings. The lowest BCUT2D eigenvalue weighted by molar-refractivity contribution is 0.0686. The van der Waals surface area contributed by atoms with Crippen LogP contribution in [0, 0.1) is 13.8 Å². The Labute approximate surface area is 128 Å². The number of nitrogen functional groups attached to an aromatic ring is 2. The number of carboxylic acid groups (broad SMARTS) is 2. The topological polar surface area (TPSA) is 127 Å². The summed E-state index contributed by atoms with van der Waals surface area (Å²) >= 11 is 0. The number of carboxylic acids is 2. The van der Waals surface area contributed by atoms with E-state index >= 15 is 0 Å². The molecule has 0 aromatic heterocycles. The summed E-state index contributed by atoms with van der Waals surface area (Å²) in [6, 6.07) is 9.28. The molecule has 0 bridgehead atoms. The van der Waals surface area contributed by atoms with Crippen LogP contribution in [-0.4, -0.2) is 22.2 Å². The van der Waals surface area contributed by atoms with Crippen LogP contribution in [-0.2, 0) is 0 Å². The second-order valence-corrected chi connectivity index (χ2v) is 4.75. The minimum absolute atomic E-state index is 0.275. The van der Waals surface area contributed by atoms with Crippen molar-refractivity contribution in [3.05, 3.63) is 58.7 Å². The van der Waals surface area contributed by atoms with Gasteiger partial charge >= 0.3 is 11.9 Å². The lowest BCUT2D eigenvalue weighted by atomic mass is 10.1. The minimum Gasteiger partial charge on any atom is -0.478 e. The maximum absolute atomic E-state index is 10.4. The molecule has 0 spiro atoms. The lowest BCUT2D eigenvalue weighted by Gasteiger charge is -1.99. The van der Waals surface area contributed by atoms with Gasteiger partial charge in [-0.05, 0) is 61.4 Å². The molecule has 0 unspecified atom stereocenters. The maximum atomic E-state index is 10.4. The van der Waals surface area contributed by atoms with Crippen LogP contribution in [0.3, 0.4) is 0 Å². The number of carbonyl (C=O) groups is 2. The smallest absolute Gasteiger partial charge is 0.335 e. The van der Waals surface area contributed by atoms with Gasteiger partial charge in [-0.3, -0.25) is 0 Å². The van der Waals surface area contributed by atoms with Gasteiger partial charge in [0, 0.05) is 11.4 Å². The Bertz CT molecular complexity index is 650. The number of nitrogens with two attached hydrogens (primary N) is 2. The van der Waals surface area contributed by atoms with E-state index in [1.807, 2.05) is 0 Å². The summed E-state index contributed by atoms with van der Waals surface area (Å²) in [6.07, 6.45) is 0. The van der Waals surface area contributed by atoms with Crippen molar-refractivity contribution in [3.8, 4) is 0 Å². The van der Waals surface area contributed by atoms with Gasteiger partial charge in [0.2, 0.25) is 0 Å². The van der Waals surface area contributed by atoms with Gasteiger partial charge in [0.1, 0.15) is 0 Å². The van der Waals surface area contributed by atoms with Gasteiger partial charge in [0.25, 0.3) is 0 Å². The molecule has 116 valence electrons. The largest absolute Gasteiger partial charge is 0.478 e. The van der Waals surface area contributed by atoms with Gasteiger partial charge in [-0.1, -0.05) is 0 Å². The van der Waals surface area contributed by atoms with Crippen LogP contribution in [0.15, 0.2) is 36.4 Å². The van der Waals surface area contributed by atoms with Crippen LogP contribution in [0.2, 0.25) is 0 Å². The molecular formula is C16H18N2O4. The molecule has 0 saturated carbocycles. The molecule has 0 amide bonds. The summed E-state index contributed by atoms with van der Waals surface area (Å²) in [5.74, 6) is -1.85. The number of hydrogen-bond donors (Lipinski definition) is 4. The number of aryl methyl sites for hydroxylation is 2. The summed E-state index contributed by atoms with van der Waals surface area (Å²) < 4.78 is 0. The minimum atomic E-state index is -0.923. The second-order valence-electron chi connectivity index (χ2n) is 4.75. The highest BCUT2D eigenvalue weighted by Gasteiger charge is 2.03. The molecule has 0 fully saturated rings. The number of anilines is 2. The number of aromatic carboxylic acids is 2. The number of rotatable bonds is 2. The third-order valence-electron chi connectivity index (χ3n) is 3.03. The molecule has 6 heteroatoms. The van der Waals surface area contributed by atoms with E-state index in [4.69, 9.17) is 21.7 Å². The van der Waals surface area contributed by atoms with Crippen LogP contribution in [0.5, 0.6) is 0 Å². The summed E-state index contributed by atoms with van der Waals surface area (Å²) in [5, 5.41) is 17.1. The zero-order valence-electron chi connectivity index (χ0n) is 12.3. The average molecular weight is 302 g/mol. The predicted molar refractivity (Wildman–Crippen MR) is 85.1 cm³/mol. The molecule has 0 aliphatic carbocycles. The molecule has 22 heavy (non-hydrogen) atoms. The van der Waals surface area contributed by atoms with Gasteiger partial charge < -0.3 is 21.7 Å². The van der Waals surface area contributed by atoms with Crippen LogP contribution >= 0.6 is 0 Å². The fraction of sp³-hybridized carbons (Fsp3) is 0.125. The van der Waals surface area contributed by atoms with Crippen LogP contribution in [0.4, 0.5) is 11.4 Å². The first kappa shape index (κ1) is 17.0. The van der Waals surface area contributed by atoms with Crippen molar-refractivity contribution in [1.82, 2.24) is 0 Å². The molecule has 0 aliphatic heterocycles. The van der Waals surface area contributed by atoms with E-state index in [1.54, 1.807) is 38.1 Å². The van der Waals surface area contributed by atoms with Crippen LogP contribution in [0.25, 0.3) is 0 Å². The van der Waals surface area contributed by atoms with Crippen molar-refractivity contribution < 1.29 is 19.8 Å². The van der Waals surface area contributed by atoms with E-state index in [0.717, 1.165) is 11.1 Å². The Hall–Kier alpha value is -3.02. The zero-order chi connectivity index (χ0) is 16.9. The van der Waals surface area contributed by atoms with Gasteiger partial charge in [0.05, 0.1) is 11.1 Å². The Morgan fingerprint density at radius 2 is 1.09 bits per heavy atom. The Morgan fingerprint density at radius 1 is 0.773 bits per heavy atom. The van der Waals surface area contributed by atoms with E-state index in [1.165, 1.54) is 12.1 Å². The Kier molecular flexibility index (Phi) is 5.51. The number of benzene rings is 2. The predicted octanol–water partition coefficient (Wildman–Crippen LogP) is 2.55. The SMILES string of the molecule is Cc1cc(C(=O)O)ccc1N.Cc1cc(C(=O)O)ccc1N. The molecule has 6 nitrogen and oxygen atoms in total. The molecule has 2 aromatic carbocycles. The standard InChI is InChI=1S/2C8H9NO2/c2*1-5-4-6(8(10)11)2-3-7(5)9/h2*2-4H,9H2,1H3,(H,10,11). The third-order valence-corrected chi connectivity index (χ3v) is 3.03. The monoisotopic (exact) mass is 302 g/mol. The van der Waals surface area contributed by atoms with E-state index in [-0.39, 0.29) is 11.1 Å². The first-order valence-electron chi connectivity index (χ1n) is 6.41. The number of hydrogen-bond acceptors (Lipinski definition) is 4. The Balaban J connectivity index is 0.000000220. The molecule has 2 rings (SSSR count). The summed E-state index contributed by atoms with van der Waals surface area (Å²) in [4.78, 5) is 20.8. The van der Waals surface area contributed by atoms with E-state index in [9.17, 15) is 9.59 Å². The molecular weight excluding hydrogens is 284 g/mol. The van der Waals surface area contributed by atoms with Crippen molar-refractivity contribution in [2.75, 3.05) is 11.5 Å². The summed E-state index contributed by atoms with van der Waals surface area (Å²) in [6.45, 7) is 3.56. The lowest BCUT2D eigenvalue weighted by Crippen LogP contribution is -1.98. The summed E-state index contributed by atoms with van der Waals surface area (Å²) in [5.41, 5.74) is 14.4.